The highest BCUT2D eigenvalue weighted by molar-refractivity contribution is 6.20. The van der Waals surface area contributed by atoms with E-state index < -0.39 is 0 Å². The third kappa shape index (κ3) is 2.90. The van der Waals surface area contributed by atoms with Gasteiger partial charge in [-0.2, -0.15) is 5.26 Å². The molecular formula is C26H27N3O2. The summed E-state index contributed by atoms with van der Waals surface area (Å²) >= 11 is 0. The van der Waals surface area contributed by atoms with E-state index >= 15 is 0 Å². The molecule has 158 valence electrons. The van der Waals surface area contributed by atoms with Crippen molar-refractivity contribution in [2.45, 2.75) is 51.6 Å². The number of piperidine rings is 1. The number of H-pyrrole nitrogens is 1. The Morgan fingerprint density at radius 1 is 1.23 bits per heavy atom. The molecule has 0 spiro atoms. The smallest absolute Gasteiger partial charge is 0.195 e. The maximum atomic E-state index is 13.7. The van der Waals surface area contributed by atoms with Gasteiger partial charge in [0, 0.05) is 46.4 Å². The maximum absolute atomic E-state index is 13.7. The highest BCUT2D eigenvalue weighted by atomic mass is 16.3. The van der Waals surface area contributed by atoms with E-state index in [-0.39, 0.29) is 17.3 Å². The molecule has 0 atom stereocenters. The molecule has 2 aliphatic rings. The first-order valence-corrected chi connectivity index (χ1v) is 11.1. The molecule has 5 rings (SSSR count). The summed E-state index contributed by atoms with van der Waals surface area (Å²) in [5.41, 5.74) is 6.86. The van der Waals surface area contributed by atoms with E-state index in [0.717, 1.165) is 65.6 Å². The van der Waals surface area contributed by atoms with Crippen LogP contribution < -0.4 is 4.90 Å². The number of nitrogens with zero attached hydrogens (tertiary/aromatic N) is 2. The normalized spacial score (nSPS) is 18.0. The van der Waals surface area contributed by atoms with Crippen molar-refractivity contribution in [2.24, 2.45) is 0 Å². The summed E-state index contributed by atoms with van der Waals surface area (Å²) in [7, 11) is 0. The molecule has 1 fully saturated rings. The second kappa shape index (κ2) is 6.96. The number of ketones is 1. The number of aromatic amines is 1. The van der Waals surface area contributed by atoms with E-state index in [1.807, 2.05) is 12.1 Å². The average Bonchev–Trinajstić information content (AvgIpc) is 3.17. The Morgan fingerprint density at radius 3 is 2.65 bits per heavy atom. The summed E-state index contributed by atoms with van der Waals surface area (Å²) in [6, 6.07) is 12.0. The minimum Gasteiger partial charge on any atom is -0.393 e. The number of hydrogen-bond donors (Lipinski definition) is 2. The molecule has 2 aromatic carbocycles. The maximum Gasteiger partial charge on any atom is 0.195 e. The van der Waals surface area contributed by atoms with Gasteiger partial charge >= 0.3 is 0 Å². The molecule has 0 saturated carbocycles. The lowest BCUT2D eigenvalue weighted by Gasteiger charge is -2.37. The number of hydrogen-bond acceptors (Lipinski definition) is 4. The second-order valence-corrected chi connectivity index (χ2v) is 9.30. The van der Waals surface area contributed by atoms with Gasteiger partial charge in [0.2, 0.25) is 0 Å². The molecule has 31 heavy (non-hydrogen) atoms. The van der Waals surface area contributed by atoms with E-state index in [1.54, 1.807) is 6.07 Å². The van der Waals surface area contributed by atoms with Crippen LogP contribution in [-0.2, 0) is 11.8 Å². The summed E-state index contributed by atoms with van der Waals surface area (Å²) in [5.74, 6) is 0.0515. The van der Waals surface area contributed by atoms with Crippen molar-refractivity contribution in [3.05, 3.63) is 63.8 Å². The van der Waals surface area contributed by atoms with Gasteiger partial charge in [-0.3, -0.25) is 4.79 Å². The van der Waals surface area contributed by atoms with Gasteiger partial charge < -0.3 is 15.0 Å². The van der Waals surface area contributed by atoms with Gasteiger partial charge in [0.1, 0.15) is 0 Å². The Morgan fingerprint density at radius 2 is 1.97 bits per heavy atom. The molecule has 2 N–H and O–H groups in total. The first-order chi connectivity index (χ1) is 14.8. The summed E-state index contributed by atoms with van der Waals surface area (Å²) < 4.78 is 0. The Bertz CT molecular complexity index is 1250. The van der Waals surface area contributed by atoms with Crippen molar-refractivity contribution in [2.75, 3.05) is 18.0 Å². The zero-order valence-electron chi connectivity index (χ0n) is 18.2. The third-order valence-electron chi connectivity index (χ3n) is 7.10. The van der Waals surface area contributed by atoms with Gasteiger partial charge in [0.05, 0.1) is 23.3 Å². The van der Waals surface area contributed by atoms with Gasteiger partial charge in [0.15, 0.2) is 5.78 Å². The van der Waals surface area contributed by atoms with Crippen LogP contribution >= 0.6 is 0 Å². The molecule has 2 heterocycles. The zero-order valence-corrected chi connectivity index (χ0v) is 18.2. The molecule has 0 radical (unpaired) electrons. The van der Waals surface area contributed by atoms with Gasteiger partial charge in [-0.1, -0.05) is 26.8 Å². The quantitative estimate of drug-likeness (QED) is 0.651. The minimum absolute atomic E-state index is 0.0515. The van der Waals surface area contributed by atoms with Gasteiger partial charge in [-0.25, -0.2) is 0 Å². The molecular weight excluding hydrogens is 386 g/mol. The molecule has 0 amide bonds. The summed E-state index contributed by atoms with van der Waals surface area (Å²) in [4.78, 5) is 19.5. The molecule has 3 aromatic rings. The summed E-state index contributed by atoms with van der Waals surface area (Å²) in [5, 5.41) is 20.1. The van der Waals surface area contributed by atoms with Gasteiger partial charge in [0.25, 0.3) is 0 Å². The Hall–Kier alpha value is -3.10. The van der Waals surface area contributed by atoms with Crippen LogP contribution in [0.5, 0.6) is 0 Å². The number of nitriles is 1. The highest BCUT2D eigenvalue weighted by Crippen LogP contribution is 2.46. The van der Waals surface area contributed by atoms with Crippen LogP contribution in [0.2, 0.25) is 0 Å². The Labute approximate surface area is 182 Å². The van der Waals surface area contributed by atoms with E-state index in [9.17, 15) is 15.2 Å². The van der Waals surface area contributed by atoms with E-state index in [1.165, 1.54) is 11.3 Å². The van der Waals surface area contributed by atoms with Crippen LogP contribution in [-0.4, -0.2) is 35.1 Å². The summed E-state index contributed by atoms with van der Waals surface area (Å²) in [6.45, 7) is 8.11. The standard InChI is InChI=1S/C26H27N3O2/c1-4-16-12-19-20(13-22(16)29-9-7-17(30)8-10-29)26(2,3)25-23(24(19)31)18-6-5-15(14-27)11-21(18)28-25/h5-6,11-13,17,28,30H,4,7-10H2,1-3H3. The van der Waals surface area contributed by atoms with Crippen LogP contribution in [0.25, 0.3) is 10.9 Å². The van der Waals surface area contributed by atoms with Crippen molar-refractivity contribution in [1.29, 1.82) is 5.26 Å². The van der Waals surface area contributed by atoms with E-state index in [4.69, 9.17) is 0 Å². The van der Waals surface area contributed by atoms with Crippen LogP contribution in [0.1, 0.15) is 71.9 Å². The number of benzene rings is 2. The number of aryl methyl sites for hydroxylation is 1. The fourth-order valence-electron chi connectivity index (χ4n) is 5.26. The van der Waals surface area contributed by atoms with Crippen molar-refractivity contribution in [1.82, 2.24) is 4.98 Å². The van der Waals surface area contributed by atoms with Crippen LogP contribution in [0.15, 0.2) is 30.3 Å². The highest BCUT2D eigenvalue weighted by Gasteiger charge is 2.40. The first-order valence-electron chi connectivity index (χ1n) is 11.1. The van der Waals surface area contributed by atoms with Crippen LogP contribution in [0.3, 0.4) is 0 Å². The molecule has 1 aromatic heterocycles. The first kappa shape index (κ1) is 19.8. The fourth-order valence-corrected chi connectivity index (χ4v) is 5.26. The van der Waals surface area contributed by atoms with Crippen LogP contribution in [0.4, 0.5) is 5.69 Å². The predicted octanol–water partition coefficient (Wildman–Crippen LogP) is 4.43. The number of carbonyl (C=O) groups excluding carboxylic acids is 1. The number of aliphatic hydroxyl groups excluding tert-OH is 1. The monoisotopic (exact) mass is 413 g/mol. The molecule has 0 bridgehead atoms. The van der Waals surface area contributed by atoms with Crippen LogP contribution in [0, 0.1) is 11.3 Å². The van der Waals surface area contributed by atoms with Gasteiger partial charge in [-0.05, 0) is 54.7 Å². The third-order valence-corrected chi connectivity index (χ3v) is 7.10. The number of aliphatic hydroxyl groups is 1. The topological polar surface area (TPSA) is 80.1 Å². The number of aromatic nitrogens is 1. The minimum atomic E-state index is -0.374. The largest absolute Gasteiger partial charge is 0.393 e. The SMILES string of the molecule is CCc1cc2c(cc1N1CCC(O)CC1)C(C)(C)c1[nH]c3cc(C#N)ccc3c1C2=O. The van der Waals surface area contributed by atoms with Crippen molar-refractivity contribution in [3.8, 4) is 6.07 Å². The number of rotatable bonds is 2. The zero-order chi connectivity index (χ0) is 21.9. The predicted molar refractivity (Wildman–Crippen MR) is 122 cm³/mol. The average molecular weight is 414 g/mol. The molecule has 5 nitrogen and oxygen atoms in total. The number of nitrogens with one attached hydrogen (secondary N) is 1. The number of fused-ring (bicyclic) bond motifs is 4. The lowest BCUT2D eigenvalue weighted by atomic mass is 9.70. The van der Waals surface area contributed by atoms with E-state index in [2.05, 4.69) is 48.9 Å². The number of carbonyl (C=O) groups is 1. The molecule has 1 saturated heterocycles. The van der Waals surface area contributed by atoms with E-state index in [0.29, 0.717) is 5.56 Å². The Balaban J connectivity index is 1.70. The van der Waals surface area contributed by atoms with Gasteiger partial charge in [-0.15, -0.1) is 0 Å². The second-order valence-electron chi connectivity index (χ2n) is 9.30. The molecule has 5 heteroatoms. The number of anilines is 1. The Kier molecular flexibility index (Phi) is 4.46. The summed E-state index contributed by atoms with van der Waals surface area (Å²) in [6.07, 6.45) is 2.18. The molecule has 0 unspecified atom stereocenters. The van der Waals surface area contributed by atoms with Crippen molar-refractivity contribution < 1.29 is 9.90 Å². The lowest BCUT2D eigenvalue weighted by Crippen LogP contribution is -2.37. The van der Waals surface area contributed by atoms with Crippen molar-refractivity contribution in [3.63, 3.8) is 0 Å². The fraction of sp³-hybridized carbons (Fsp3) is 0.385. The molecule has 1 aliphatic heterocycles. The lowest BCUT2D eigenvalue weighted by molar-refractivity contribution is 0.103. The van der Waals surface area contributed by atoms with Crippen molar-refractivity contribution >= 4 is 22.4 Å². The molecule has 1 aliphatic carbocycles.